The number of hydrogen-bond acceptors (Lipinski definition) is 4. The third-order valence-corrected chi connectivity index (χ3v) is 3.17. The summed E-state index contributed by atoms with van der Waals surface area (Å²) in [6, 6.07) is 11.3. The fraction of sp³-hybridized carbons (Fsp3) is 0.0625. The van der Waals surface area contributed by atoms with Gasteiger partial charge < -0.3 is 4.74 Å². The molecule has 0 radical (unpaired) electrons. The summed E-state index contributed by atoms with van der Waals surface area (Å²) in [6.07, 6.45) is 4.99. The summed E-state index contributed by atoms with van der Waals surface area (Å²) in [4.78, 5) is 20.3. The zero-order valence-corrected chi connectivity index (χ0v) is 10.9. The van der Waals surface area contributed by atoms with Crippen molar-refractivity contribution < 1.29 is 9.53 Å². The number of esters is 1. The third kappa shape index (κ3) is 2.01. The lowest BCUT2D eigenvalue weighted by molar-refractivity contribution is 0.0601. The quantitative estimate of drug-likeness (QED) is 0.667. The average molecular weight is 264 g/mol. The second-order valence-corrected chi connectivity index (χ2v) is 4.29. The van der Waals surface area contributed by atoms with Crippen LogP contribution in [0.2, 0.25) is 0 Å². The number of ether oxygens (including phenoxy) is 1. The van der Waals surface area contributed by atoms with Gasteiger partial charge in [-0.2, -0.15) is 0 Å². The number of carbonyl (C=O) groups is 1. The Bertz CT molecular complexity index is 779. The Kier molecular flexibility index (Phi) is 3.13. The lowest BCUT2D eigenvalue weighted by Gasteiger charge is -2.09. The first kappa shape index (κ1) is 12.3. The van der Waals surface area contributed by atoms with Crippen molar-refractivity contribution in [2.24, 2.45) is 0 Å². The van der Waals surface area contributed by atoms with E-state index < -0.39 is 0 Å². The van der Waals surface area contributed by atoms with E-state index in [4.69, 9.17) is 4.74 Å². The van der Waals surface area contributed by atoms with E-state index in [1.807, 2.05) is 30.3 Å². The number of para-hydroxylation sites is 1. The second-order valence-electron chi connectivity index (χ2n) is 4.29. The molecule has 0 saturated carbocycles. The molecular weight excluding hydrogens is 252 g/mol. The van der Waals surface area contributed by atoms with Crippen LogP contribution in [0.25, 0.3) is 22.0 Å². The van der Waals surface area contributed by atoms with Crippen LogP contribution in [0, 0.1) is 0 Å². The van der Waals surface area contributed by atoms with Gasteiger partial charge in [-0.1, -0.05) is 18.2 Å². The topological polar surface area (TPSA) is 52.1 Å². The molecule has 0 amide bonds. The Hall–Kier alpha value is -2.75. The fourth-order valence-corrected chi connectivity index (χ4v) is 2.23. The van der Waals surface area contributed by atoms with Gasteiger partial charge in [0, 0.05) is 29.5 Å². The highest BCUT2D eigenvalue weighted by molar-refractivity contribution is 6.02. The number of aromatic nitrogens is 2. The number of rotatable bonds is 2. The number of fused-ring (bicyclic) bond motifs is 1. The zero-order valence-electron chi connectivity index (χ0n) is 10.9. The van der Waals surface area contributed by atoms with E-state index in [9.17, 15) is 4.79 Å². The monoisotopic (exact) mass is 264 g/mol. The van der Waals surface area contributed by atoms with E-state index in [1.54, 1.807) is 24.7 Å². The van der Waals surface area contributed by atoms with Gasteiger partial charge in [-0.3, -0.25) is 9.97 Å². The Morgan fingerprint density at radius 2 is 1.90 bits per heavy atom. The molecule has 0 unspecified atom stereocenters. The third-order valence-electron chi connectivity index (χ3n) is 3.17. The van der Waals surface area contributed by atoms with Gasteiger partial charge in [0.2, 0.25) is 0 Å². The van der Waals surface area contributed by atoms with Crippen molar-refractivity contribution in [3.8, 4) is 11.1 Å². The van der Waals surface area contributed by atoms with Gasteiger partial charge in [0.25, 0.3) is 0 Å². The molecule has 0 aliphatic heterocycles. The summed E-state index contributed by atoms with van der Waals surface area (Å²) in [5.74, 6) is -0.372. The summed E-state index contributed by atoms with van der Waals surface area (Å²) in [5, 5.41) is 0.980. The van der Waals surface area contributed by atoms with Crippen LogP contribution in [0.5, 0.6) is 0 Å². The van der Waals surface area contributed by atoms with Crippen molar-refractivity contribution in [2.45, 2.75) is 0 Å². The summed E-state index contributed by atoms with van der Waals surface area (Å²) < 4.78 is 4.83. The first-order chi connectivity index (χ1) is 9.81. The van der Waals surface area contributed by atoms with Gasteiger partial charge in [0.05, 0.1) is 18.2 Å². The van der Waals surface area contributed by atoms with E-state index in [2.05, 4.69) is 9.97 Å². The number of carbonyl (C=O) groups excluding carboxylic acids is 1. The molecule has 1 aromatic carbocycles. The number of pyridine rings is 2. The first-order valence-electron chi connectivity index (χ1n) is 6.17. The fourth-order valence-electron chi connectivity index (χ4n) is 2.23. The van der Waals surface area contributed by atoms with E-state index in [-0.39, 0.29) is 5.97 Å². The van der Waals surface area contributed by atoms with Crippen LogP contribution in [0.3, 0.4) is 0 Å². The van der Waals surface area contributed by atoms with Gasteiger partial charge in [0.1, 0.15) is 0 Å². The van der Waals surface area contributed by atoms with Gasteiger partial charge in [-0.15, -0.1) is 0 Å². The normalized spacial score (nSPS) is 10.4. The molecule has 0 N–H and O–H groups in total. The minimum Gasteiger partial charge on any atom is -0.465 e. The van der Waals surface area contributed by atoms with Crippen LogP contribution in [0.1, 0.15) is 10.4 Å². The maximum atomic E-state index is 11.9. The van der Waals surface area contributed by atoms with Crippen molar-refractivity contribution in [1.29, 1.82) is 0 Å². The summed E-state index contributed by atoms with van der Waals surface area (Å²) in [5.41, 5.74) is 3.05. The molecule has 0 bridgehead atoms. The van der Waals surface area contributed by atoms with Crippen LogP contribution in [-0.4, -0.2) is 23.0 Å². The van der Waals surface area contributed by atoms with E-state index >= 15 is 0 Å². The molecule has 0 aliphatic rings. The molecule has 0 fully saturated rings. The van der Waals surface area contributed by atoms with Crippen molar-refractivity contribution >= 4 is 16.9 Å². The standard InChI is InChI=1S/C16H12N2O2/c1-20-16(19)13-6-8-17-10-14(13)11-7-9-18-15-5-3-2-4-12(11)15/h2-10H,1H3. The largest absolute Gasteiger partial charge is 0.465 e. The zero-order chi connectivity index (χ0) is 13.9. The van der Waals surface area contributed by atoms with Crippen LogP contribution in [0.15, 0.2) is 55.0 Å². The van der Waals surface area contributed by atoms with Gasteiger partial charge in [-0.25, -0.2) is 4.79 Å². The molecule has 4 heteroatoms. The van der Waals surface area contributed by atoms with Gasteiger partial charge in [0.15, 0.2) is 0 Å². The lowest BCUT2D eigenvalue weighted by Crippen LogP contribution is -2.04. The van der Waals surface area contributed by atoms with Crippen LogP contribution < -0.4 is 0 Å². The number of methoxy groups -OCH3 is 1. The molecule has 20 heavy (non-hydrogen) atoms. The van der Waals surface area contributed by atoms with Gasteiger partial charge >= 0.3 is 5.97 Å². The van der Waals surface area contributed by atoms with Crippen molar-refractivity contribution in [2.75, 3.05) is 7.11 Å². The molecule has 2 aromatic heterocycles. The van der Waals surface area contributed by atoms with Crippen LogP contribution in [0.4, 0.5) is 0 Å². The molecule has 4 nitrogen and oxygen atoms in total. The summed E-state index contributed by atoms with van der Waals surface area (Å²) >= 11 is 0. The molecule has 98 valence electrons. The lowest BCUT2D eigenvalue weighted by atomic mass is 9.99. The van der Waals surface area contributed by atoms with Gasteiger partial charge in [-0.05, 0) is 23.8 Å². The Morgan fingerprint density at radius 1 is 1.05 bits per heavy atom. The average Bonchev–Trinajstić information content (AvgIpc) is 2.53. The van der Waals surface area contributed by atoms with Crippen LogP contribution in [-0.2, 0) is 4.74 Å². The highest BCUT2D eigenvalue weighted by Crippen LogP contribution is 2.29. The highest BCUT2D eigenvalue weighted by Gasteiger charge is 2.14. The molecular formula is C16H12N2O2. The summed E-state index contributed by atoms with van der Waals surface area (Å²) in [7, 11) is 1.37. The second kappa shape index (κ2) is 5.09. The molecule has 2 heterocycles. The number of nitrogens with zero attached hydrogens (tertiary/aromatic N) is 2. The SMILES string of the molecule is COC(=O)c1ccncc1-c1ccnc2ccccc12. The van der Waals surface area contributed by atoms with E-state index in [0.717, 1.165) is 22.0 Å². The Labute approximate surface area is 116 Å². The highest BCUT2D eigenvalue weighted by atomic mass is 16.5. The predicted molar refractivity (Wildman–Crippen MR) is 76.3 cm³/mol. The smallest absolute Gasteiger partial charge is 0.338 e. The first-order valence-corrected chi connectivity index (χ1v) is 6.17. The summed E-state index contributed by atoms with van der Waals surface area (Å²) in [6.45, 7) is 0. The van der Waals surface area contributed by atoms with E-state index in [0.29, 0.717) is 5.56 Å². The van der Waals surface area contributed by atoms with Crippen molar-refractivity contribution in [3.63, 3.8) is 0 Å². The van der Waals surface area contributed by atoms with Crippen molar-refractivity contribution in [1.82, 2.24) is 9.97 Å². The Morgan fingerprint density at radius 3 is 2.75 bits per heavy atom. The molecule has 3 rings (SSSR count). The minimum absolute atomic E-state index is 0.372. The maximum absolute atomic E-state index is 11.9. The molecule has 0 saturated heterocycles. The molecule has 0 atom stereocenters. The number of hydrogen-bond donors (Lipinski definition) is 0. The molecule has 0 aliphatic carbocycles. The molecule has 3 aromatic rings. The predicted octanol–water partition coefficient (Wildman–Crippen LogP) is 3.08. The van der Waals surface area contributed by atoms with Crippen LogP contribution >= 0.6 is 0 Å². The van der Waals surface area contributed by atoms with Crippen molar-refractivity contribution in [3.05, 3.63) is 60.6 Å². The maximum Gasteiger partial charge on any atom is 0.338 e. The molecule has 0 spiro atoms. The minimum atomic E-state index is -0.372. The Balaban J connectivity index is 2.29. The number of benzene rings is 1. The van der Waals surface area contributed by atoms with E-state index in [1.165, 1.54) is 7.11 Å².